The van der Waals surface area contributed by atoms with Gasteiger partial charge in [0.15, 0.2) is 0 Å². The first-order chi connectivity index (χ1) is 6.66. The van der Waals surface area contributed by atoms with Gasteiger partial charge in [0.25, 0.3) is 0 Å². The van der Waals surface area contributed by atoms with Gasteiger partial charge in [-0.05, 0) is 33.4 Å². The first-order valence-corrected chi connectivity index (χ1v) is 6.28. The molecule has 0 aliphatic carbocycles. The number of hydrogen-bond acceptors (Lipinski definition) is 4. The molecule has 1 aliphatic rings. The molecule has 1 saturated heterocycles. The highest BCUT2D eigenvalue weighted by molar-refractivity contribution is 7.82. The van der Waals surface area contributed by atoms with Crippen LogP contribution in [0.25, 0.3) is 0 Å². The molecule has 0 spiro atoms. The van der Waals surface area contributed by atoms with Gasteiger partial charge >= 0.3 is 0 Å². The lowest BCUT2D eigenvalue weighted by Crippen LogP contribution is -2.30. The summed E-state index contributed by atoms with van der Waals surface area (Å²) in [6.45, 7) is 4.42. The van der Waals surface area contributed by atoms with Crippen molar-refractivity contribution in [3.63, 3.8) is 0 Å². The van der Waals surface area contributed by atoms with Gasteiger partial charge in [0.05, 0.1) is 14.9 Å². The van der Waals surface area contributed by atoms with Gasteiger partial charge < -0.3 is 4.90 Å². The first kappa shape index (κ1) is 10.5. The number of thiol groups is 1. The molecule has 14 heavy (non-hydrogen) atoms. The largest absolute Gasteiger partial charge is 0.306 e. The molecule has 4 heteroatoms. The number of nitrogens with zero attached hydrogens (tertiary/aromatic N) is 2. The van der Waals surface area contributed by atoms with Crippen molar-refractivity contribution in [3.05, 3.63) is 10.7 Å². The second-order valence-corrected chi connectivity index (χ2v) is 5.82. The quantitative estimate of drug-likeness (QED) is 0.744. The molecule has 0 aromatic carbocycles. The normalized spacial score (nSPS) is 24.1. The summed E-state index contributed by atoms with van der Waals surface area (Å²) in [6, 6.07) is 0. The van der Waals surface area contributed by atoms with Crippen molar-refractivity contribution in [3.8, 4) is 0 Å². The van der Waals surface area contributed by atoms with E-state index >= 15 is 0 Å². The van der Waals surface area contributed by atoms with Crippen molar-refractivity contribution in [2.24, 2.45) is 0 Å². The van der Waals surface area contributed by atoms with Crippen LogP contribution in [0.5, 0.6) is 0 Å². The van der Waals surface area contributed by atoms with E-state index in [1.165, 1.54) is 24.4 Å². The van der Waals surface area contributed by atoms with E-state index < -0.39 is 0 Å². The molecule has 0 bridgehead atoms. The SMILES string of the molecule is Cc1nc(C2CCCN(C)C2)sc1S. The Labute approximate surface area is 94.8 Å². The van der Waals surface area contributed by atoms with Crippen molar-refractivity contribution in [1.82, 2.24) is 9.88 Å². The van der Waals surface area contributed by atoms with Crippen LogP contribution in [0, 0.1) is 6.92 Å². The molecule has 0 radical (unpaired) electrons. The molecule has 78 valence electrons. The third kappa shape index (κ3) is 2.12. The monoisotopic (exact) mass is 228 g/mol. The van der Waals surface area contributed by atoms with E-state index in [-0.39, 0.29) is 0 Å². The van der Waals surface area contributed by atoms with Crippen LogP contribution in [0.2, 0.25) is 0 Å². The van der Waals surface area contributed by atoms with Crippen LogP contribution in [0.1, 0.15) is 29.5 Å². The fourth-order valence-corrected chi connectivity index (χ4v) is 3.22. The summed E-state index contributed by atoms with van der Waals surface area (Å²) in [7, 11) is 2.19. The minimum atomic E-state index is 0.637. The summed E-state index contributed by atoms with van der Waals surface area (Å²) in [6.07, 6.45) is 2.58. The summed E-state index contributed by atoms with van der Waals surface area (Å²) >= 11 is 6.15. The summed E-state index contributed by atoms with van der Waals surface area (Å²) in [5, 5.41) is 1.28. The van der Waals surface area contributed by atoms with E-state index in [0.29, 0.717) is 5.92 Å². The van der Waals surface area contributed by atoms with Crippen LogP contribution in [-0.4, -0.2) is 30.0 Å². The average Bonchev–Trinajstić information content (AvgIpc) is 2.47. The molecule has 0 amide bonds. The lowest BCUT2D eigenvalue weighted by Gasteiger charge is -2.28. The Bertz CT molecular complexity index is 302. The Morgan fingerprint density at radius 1 is 1.57 bits per heavy atom. The van der Waals surface area contributed by atoms with E-state index in [1.54, 1.807) is 11.3 Å². The van der Waals surface area contributed by atoms with Crippen LogP contribution in [0.4, 0.5) is 0 Å². The van der Waals surface area contributed by atoms with E-state index in [1.807, 2.05) is 6.92 Å². The lowest BCUT2D eigenvalue weighted by atomic mass is 9.99. The first-order valence-electron chi connectivity index (χ1n) is 5.01. The second kappa shape index (κ2) is 4.21. The van der Waals surface area contributed by atoms with Crippen LogP contribution < -0.4 is 0 Å². The maximum absolute atomic E-state index is 4.58. The molecule has 2 heterocycles. The zero-order valence-electron chi connectivity index (χ0n) is 8.66. The number of thiazole rings is 1. The molecule has 1 aromatic heterocycles. The Morgan fingerprint density at radius 3 is 2.93 bits per heavy atom. The van der Waals surface area contributed by atoms with Gasteiger partial charge in [0.2, 0.25) is 0 Å². The molecule has 0 saturated carbocycles. The molecule has 2 rings (SSSR count). The molecule has 2 nitrogen and oxygen atoms in total. The molecular weight excluding hydrogens is 212 g/mol. The Morgan fingerprint density at radius 2 is 2.36 bits per heavy atom. The van der Waals surface area contributed by atoms with Crippen LogP contribution in [-0.2, 0) is 0 Å². The van der Waals surface area contributed by atoms with E-state index in [4.69, 9.17) is 0 Å². The number of likely N-dealkylation sites (N-methyl/N-ethyl adjacent to an activating group) is 1. The minimum absolute atomic E-state index is 0.637. The predicted molar refractivity (Wildman–Crippen MR) is 63.6 cm³/mol. The van der Waals surface area contributed by atoms with Crippen molar-refractivity contribution in [2.75, 3.05) is 20.1 Å². The highest BCUT2D eigenvalue weighted by Gasteiger charge is 2.22. The zero-order valence-corrected chi connectivity index (χ0v) is 10.4. The number of likely N-dealkylation sites (tertiary alicyclic amines) is 1. The summed E-state index contributed by atoms with van der Waals surface area (Å²) < 4.78 is 1.08. The zero-order chi connectivity index (χ0) is 10.1. The highest BCUT2D eigenvalue weighted by Crippen LogP contribution is 2.32. The third-order valence-corrected chi connectivity index (χ3v) is 4.48. The van der Waals surface area contributed by atoms with Crippen LogP contribution in [0.3, 0.4) is 0 Å². The van der Waals surface area contributed by atoms with Gasteiger partial charge in [-0.3, -0.25) is 0 Å². The molecule has 1 fully saturated rings. The van der Waals surface area contributed by atoms with Gasteiger partial charge in [-0.1, -0.05) is 0 Å². The Kier molecular flexibility index (Phi) is 3.14. The van der Waals surface area contributed by atoms with Crippen molar-refractivity contribution >= 4 is 24.0 Å². The molecule has 0 N–H and O–H groups in total. The molecular formula is C10H16N2S2. The van der Waals surface area contributed by atoms with E-state index in [9.17, 15) is 0 Å². The molecule has 1 aliphatic heterocycles. The van der Waals surface area contributed by atoms with Crippen molar-refractivity contribution < 1.29 is 0 Å². The van der Waals surface area contributed by atoms with Crippen molar-refractivity contribution in [1.29, 1.82) is 0 Å². The van der Waals surface area contributed by atoms with E-state index in [0.717, 1.165) is 16.4 Å². The molecule has 1 atom stereocenters. The van der Waals surface area contributed by atoms with Gasteiger partial charge in [0.1, 0.15) is 0 Å². The maximum Gasteiger partial charge on any atom is 0.0983 e. The standard InChI is InChI=1S/C10H16N2S2/c1-7-10(13)14-9(11-7)8-4-3-5-12(2)6-8/h8,13H,3-6H2,1-2H3. The summed E-state index contributed by atoms with van der Waals surface area (Å²) in [5.74, 6) is 0.637. The van der Waals surface area contributed by atoms with Crippen LogP contribution >= 0.6 is 24.0 Å². The van der Waals surface area contributed by atoms with Gasteiger partial charge in [-0.15, -0.1) is 24.0 Å². The number of rotatable bonds is 1. The Balaban J connectivity index is 2.14. The topological polar surface area (TPSA) is 16.1 Å². The van der Waals surface area contributed by atoms with Crippen molar-refractivity contribution in [2.45, 2.75) is 29.9 Å². The summed E-state index contributed by atoms with van der Waals surface area (Å²) in [4.78, 5) is 6.98. The Hall–Kier alpha value is -0.0600. The second-order valence-electron chi connectivity index (χ2n) is 4.04. The predicted octanol–water partition coefficient (Wildman–Crippen LogP) is 2.55. The fourth-order valence-electron chi connectivity index (χ4n) is 1.95. The van der Waals surface area contributed by atoms with Gasteiger partial charge in [0, 0.05) is 12.5 Å². The smallest absolute Gasteiger partial charge is 0.0983 e. The number of aryl methyl sites for hydroxylation is 1. The van der Waals surface area contributed by atoms with Gasteiger partial charge in [-0.2, -0.15) is 0 Å². The highest BCUT2D eigenvalue weighted by atomic mass is 32.2. The number of aromatic nitrogens is 1. The molecule has 1 unspecified atom stereocenters. The lowest BCUT2D eigenvalue weighted by molar-refractivity contribution is 0.250. The van der Waals surface area contributed by atoms with Gasteiger partial charge in [-0.25, -0.2) is 4.98 Å². The minimum Gasteiger partial charge on any atom is -0.306 e. The fraction of sp³-hybridized carbons (Fsp3) is 0.700. The number of hydrogen-bond donors (Lipinski definition) is 1. The summed E-state index contributed by atoms with van der Waals surface area (Å²) in [5.41, 5.74) is 1.08. The maximum atomic E-state index is 4.58. The number of piperidine rings is 1. The van der Waals surface area contributed by atoms with Crippen LogP contribution in [0.15, 0.2) is 4.21 Å². The third-order valence-electron chi connectivity index (χ3n) is 2.76. The average molecular weight is 228 g/mol. The molecule has 1 aromatic rings. The van der Waals surface area contributed by atoms with E-state index in [2.05, 4.69) is 29.6 Å².